The average Bonchev–Trinajstić information content (AvgIpc) is 2.25. The van der Waals surface area contributed by atoms with Gasteiger partial charge < -0.3 is 9.47 Å². The molecule has 0 aromatic carbocycles. The third-order valence-corrected chi connectivity index (χ3v) is 3.73. The Kier molecular flexibility index (Phi) is 3.06. The van der Waals surface area contributed by atoms with Gasteiger partial charge in [-0.1, -0.05) is 26.3 Å². The lowest BCUT2D eigenvalue weighted by Gasteiger charge is -2.55. The number of fused-ring (bicyclic) bond motifs is 1. The summed E-state index contributed by atoms with van der Waals surface area (Å²) in [7, 11) is 0. The Morgan fingerprint density at radius 2 is 2.19 bits per heavy atom. The minimum atomic E-state index is -0.652. The molecule has 1 aliphatic heterocycles. The molecule has 3 nitrogen and oxygen atoms in total. The molecule has 3 unspecified atom stereocenters. The fraction of sp³-hybridized carbons (Fsp3) is 0.769. The Morgan fingerprint density at radius 3 is 2.75 bits per heavy atom. The molecule has 90 valence electrons. The molecule has 2 fully saturated rings. The SMILES string of the molecule is C=C(C)C(=O)OC1(CC)OC2CCCCC21. The van der Waals surface area contributed by atoms with E-state index in [-0.39, 0.29) is 5.97 Å². The summed E-state index contributed by atoms with van der Waals surface area (Å²) in [6, 6.07) is 0. The van der Waals surface area contributed by atoms with Gasteiger partial charge in [-0.3, -0.25) is 0 Å². The number of carbonyl (C=O) groups excluding carboxylic acids is 1. The predicted molar refractivity (Wildman–Crippen MR) is 60.8 cm³/mol. The summed E-state index contributed by atoms with van der Waals surface area (Å²) < 4.78 is 11.3. The van der Waals surface area contributed by atoms with Crippen molar-refractivity contribution in [2.75, 3.05) is 0 Å². The van der Waals surface area contributed by atoms with E-state index in [1.54, 1.807) is 6.92 Å². The Morgan fingerprint density at radius 1 is 1.50 bits per heavy atom. The second-order valence-electron chi connectivity index (χ2n) is 4.88. The topological polar surface area (TPSA) is 35.5 Å². The van der Waals surface area contributed by atoms with Gasteiger partial charge in [-0.2, -0.15) is 0 Å². The Labute approximate surface area is 96.8 Å². The van der Waals surface area contributed by atoms with Crippen LogP contribution in [0.5, 0.6) is 0 Å². The summed E-state index contributed by atoms with van der Waals surface area (Å²) in [5.74, 6) is -0.582. The van der Waals surface area contributed by atoms with Gasteiger partial charge in [-0.25, -0.2) is 4.79 Å². The van der Waals surface area contributed by atoms with Gasteiger partial charge in [0.2, 0.25) is 5.79 Å². The van der Waals surface area contributed by atoms with Gasteiger partial charge in [0.05, 0.1) is 12.0 Å². The third-order valence-electron chi connectivity index (χ3n) is 3.73. The van der Waals surface area contributed by atoms with Crippen LogP contribution < -0.4 is 0 Å². The van der Waals surface area contributed by atoms with Gasteiger partial charge in [-0.05, 0) is 19.8 Å². The van der Waals surface area contributed by atoms with Gasteiger partial charge in [-0.15, -0.1) is 0 Å². The van der Waals surface area contributed by atoms with Crippen LogP contribution in [0.15, 0.2) is 12.2 Å². The number of hydrogen-bond acceptors (Lipinski definition) is 3. The van der Waals surface area contributed by atoms with E-state index in [1.807, 2.05) is 6.92 Å². The Bertz CT molecular complexity index is 310. The summed E-state index contributed by atoms with van der Waals surface area (Å²) in [6.07, 6.45) is 5.71. The van der Waals surface area contributed by atoms with Crippen LogP contribution in [0, 0.1) is 5.92 Å². The van der Waals surface area contributed by atoms with E-state index in [2.05, 4.69) is 6.58 Å². The minimum Gasteiger partial charge on any atom is -0.429 e. The van der Waals surface area contributed by atoms with Crippen molar-refractivity contribution in [1.82, 2.24) is 0 Å². The molecule has 2 rings (SSSR count). The van der Waals surface area contributed by atoms with Crippen LogP contribution in [0.2, 0.25) is 0 Å². The summed E-state index contributed by atoms with van der Waals surface area (Å²) >= 11 is 0. The number of esters is 1. The van der Waals surface area contributed by atoms with Crippen LogP contribution in [0.3, 0.4) is 0 Å². The summed E-state index contributed by atoms with van der Waals surface area (Å²) in [5.41, 5.74) is 0.440. The summed E-state index contributed by atoms with van der Waals surface area (Å²) in [6.45, 7) is 7.29. The van der Waals surface area contributed by atoms with Crippen molar-refractivity contribution in [1.29, 1.82) is 0 Å². The van der Waals surface area contributed by atoms with Crippen molar-refractivity contribution in [3.05, 3.63) is 12.2 Å². The lowest BCUT2D eigenvalue weighted by molar-refractivity contribution is -0.375. The fourth-order valence-electron chi connectivity index (χ4n) is 2.77. The highest BCUT2D eigenvalue weighted by molar-refractivity contribution is 5.87. The van der Waals surface area contributed by atoms with Crippen LogP contribution in [0.4, 0.5) is 0 Å². The molecule has 1 aliphatic carbocycles. The van der Waals surface area contributed by atoms with Crippen molar-refractivity contribution < 1.29 is 14.3 Å². The molecule has 3 atom stereocenters. The molecule has 0 radical (unpaired) electrons. The first kappa shape index (κ1) is 11.6. The zero-order valence-corrected chi connectivity index (χ0v) is 10.1. The molecule has 2 aliphatic rings. The van der Waals surface area contributed by atoms with Crippen LogP contribution in [0.25, 0.3) is 0 Å². The standard InChI is InChI=1S/C13H20O3/c1-4-13(16-12(14)9(2)3)10-7-5-6-8-11(10)15-13/h10-11H,2,4-8H2,1,3H3. The zero-order valence-electron chi connectivity index (χ0n) is 10.1. The van der Waals surface area contributed by atoms with Crippen LogP contribution in [-0.2, 0) is 14.3 Å². The second kappa shape index (κ2) is 4.21. The maximum atomic E-state index is 11.6. The minimum absolute atomic E-state index is 0.312. The van der Waals surface area contributed by atoms with E-state index < -0.39 is 5.79 Å². The Balaban J connectivity index is 2.04. The molecular formula is C13H20O3. The van der Waals surface area contributed by atoms with Gasteiger partial charge in [0.25, 0.3) is 0 Å². The molecule has 0 aromatic heterocycles. The molecule has 1 heterocycles. The predicted octanol–water partition coefficient (Wildman–Crippen LogP) is 2.80. The van der Waals surface area contributed by atoms with Gasteiger partial charge in [0.1, 0.15) is 0 Å². The van der Waals surface area contributed by atoms with Crippen molar-refractivity contribution >= 4 is 5.97 Å². The van der Waals surface area contributed by atoms with Crippen LogP contribution >= 0.6 is 0 Å². The van der Waals surface area contributed by atoms with Crippen molar-refractivity contribution in [3.63, 3.8) is 0 Å². The lowest BCUT2D eigenvalue weighted by atomic mass is 9.74. The van der Waals surface area contributed by atoms with E-state index >= 15 is 0 Å². The normalized spacial score (nSPS) is 37.1. The average molecular weight is 224 g/mol. The first-order valence-electron chi connectivity index (χ1n) is 6.15. The number of carbonyl (C=O) groups is 1. The number of hydrogen-bond donors (Lipinski definition) is 0. The van der Waals surface area contributed by atoms with E-state index in [1.165, 1.54) is 12.8 Å². The zero-order chi connectivity index (χ0) is 11.8. The van der Waals surface area contributed by atoms with E-state index in [9.17, 15) is 4.79 Å². The molecule has 0 N–H and O–H groups in total. The molecule has 1 saturated carbocycles. The fourth-order valence-corrected chi connectivity index (χ4v) is 2.77. The molecule has 3 heteroatoms. The van der Waals surface area contributed by atoms with Crippen LogP contribution in [-0.4, -0.2) is 17.9 Å². The van der Waals surface area contributed by atoms with Gasteiger partial charge in [0.15, 0.2) is 0 Å². The maximum Gasteiger partial charge on any atom is 0.335 e. The molecular weight excluding hydrogens is 204 g/mol. The van der Waals surface area contributed by atoms with E-state index in [0.29, 0.717) is 17.6 Å². The van der Waals surface area contributed by atoms with Crippen molar-refractivity contribution in [2.45, 2.75) is 57.8 Å². The highest BCUT2D eigenvalue weighted by Crippen LogP contribution is 2.50. The molecule has 16 heavy (non-hydrogen) atoms. The maximum absolute atomic E-state index is 11.6. The van der Waals surface area contributed by atoms with E-state index in [4.69, 9.17) is 9.47 Å². The first-order valence-corrected chi connectivity index (χ1v) is 6.15. The van der Waals surface area contributed by atoms with Gasteiger partial charge >= 0.3 is 5.97 Å². The van der Waals surface area contributed by atoms with E-state index in [0.717, 1.165) is 19.3 Å². The molecule has 0 aromatic rings. The second-order valence-corrected chi connectivity index (χ2v) is 4.88. The van der Waals surface area contributed by atoms with Crippen LogP contribution in [0.1, 0.15) is 46.0 Å². The van der Waals surface area contributed by atoms with Crippen molar-refractivity contribution in [2.24, 2.45) is 5.92 Å². The summed E-state index contributed by atoms with van der Waals surface area (Å²) in [5, 5.41) is 0. The first-order chi connectivity index (χ1) is 7.59. The highest BCUT2D eigenvalue weighted by Gasteiger charge is 2.57. The molecule has 0 bridgehead atoms. The number of ether oxygens (including phenoxy) is 2. The lowest BCUT2D eigenvalue weighted by Crippen LogP contribution is -2.63. The highest BCUT2D eigenvalue weighted by atomic mass is 16.7. The van der Waals surface area contributed by atoms with Crippen molar-refractivity contribution in [3.8, 4) is 0 Å². The van der Waals surface area contributed by atoms with Gasteiger partial charge in [0, 0.05) is 12.0 Å². The monoisotopic (exact) mass is 224 g/mol. The Hall–Kier alpha value is -0.830. The smallest absolute Gasteiger partial charge is 0.335 e. The molecule has 0 amide bonds. The molecule has 0 spiro atoms. The largest absolute Gasteiger partial charge is 0.429 e. The quantitative estimate of drug-likeness (QED) is 0.546. The molecule has 1 saturated heterocycles. The third kappa shape index (κ3) is 1.77. The number of rotatable bonds is 3. The summed E-state index contributed by atoms with van der Waals surface area (Å²) in [4.78, 5) is 11.6.